The van der Waals surface area contributed by atoms with Crippen LogP contribution in [0.1, 0.15) is 40.0 Å². The first-order valence-electron chi connectivity index (χ1n) is 7.10. The molecule has 1 aliphatic heterocycles. The molecule has 0 aromatic carbocycles. The second-order valence-electron chi connectivity index (χ2n) is 7.51. The Balaban J connectivity index is 1.95. The molecule has 1 saturated heterocycles. The fourth-order valence-corrected chi connectivity index (χ4v) is 4.54. The molecule has 98 valence electrons. The van der Waals surface area contributed by atoms with Crippen molar-refractivity contribution in [2.24, 2.45) is 17.9 Å². The highest BCUT2D eigenvalue weighted by Crippen LogP contribution is 2.52. The summed E-state index contributed by atoms with van der Waals surface area (Å²) in [5.74, 6) is 1.38. The van der Waals surface area contributed by atoms with E-state index < -0.39 is 0 Å². The summed E-state index contributed by atoms with van der Waals surface area (Å²) < 4.78 is 2.26. The Hall–Kier alpha value is -1.05. The van der Waals surface area contributed by atoms with Gasteiger partial charge in [0.2, 0.25) is 0 Å². The maximum atomic E-state index is 2.65. The minimum absolute atomic E-state index is 0.500. The Bertz CT molecular complexity index is 466. The second kappa shape index (κ2) is 3.72. The number of aryl methyl sites for hydroxylation is 1. The van der Waals surface area contributed by atoms with Crippen LogP contribution in [0.3, 0.4) is 0 Å². The van der Waals surface area contributed by atoms with Gasteiger partial charge in [-0.1, -0.05) is 26.8 Å². The number of anilines is 1. The lowest BCUT2D eigenvalue weighted by atomic mass is 9.65. The van der Waals surface area contributed by atoms with Crippen molar-refractivity contribution in [2.45, 2.75) is 46.1 Å². The fourth-order valence-electron chi connectivity index (χ4n) is 4.54. The van der Waals surface area contributed by atoms with E-state index in [-0.39, 0.29) is 0 Å². The molecule has 1 aliphatic carbocycles. The molecule has 0 N–H and O–H groups in total. The zero-order chi connectivity index (χ0) is 13.0. The van der Waals surface area contributed by atoms with Crippen molar-refractivity contribution in [3.8, 4) is 0 Å². The number of rotatable bonds is 1. The van der Waals surface area contributed by atoms with Crippen molar-refractivity contribution in [1.82, 2.24) is 0 Å². The molecular weight excluding hydrogens is 220 g/mol. The van der Waals surface area contributed by atoms with Crippen LogP contribution in [0.4, 0.5) is 5.82 Å². The van der Waals surface area contributed by atoms with Crippen LogP contribution >= 0.6 is 0 Å². The monoisotopic (exact) mass is 245 g/mol. The van der Waals surface area contributed by atoms with Crippen molar-refractivity contribution in [3.05, 3.63) is 24.4 Å². The van der Waals surface area contributed by atoms with Crippen LogP contribution in [0.25, 0.3) is 0 Å². The van der Waals surface area contributed by atoms with Gasteiger partial charge in [-0.2, -0.15) is 0 Å². The summed E-state index contributed by atoms with van der Waals surface area (Å²) >= 11 is 0. The number of fused-ring (bicyclic) bond motifs is 2. The quantitative estimate of drug-likeness (QED) is 0.690. The lowest BCUT2D eigenvalue weighted by molar-refractivity contribution is -0.659. The van der Waals surface area contributed by atoms with Crippen LogP contribution in [-0.2, 0) is 7.05 Å². The standard InChI is InChI=1S/C16H25N2/c1-15(2)9-13-10-16(3,11-15)12-18(13)14-7-5-6-8-17(14)4/h5-8,13H,9-12H2,1-4H3/q+1/t13-,16-/m1/s1. The SMILES string of the molecule is C[n+]1ccccc1N1C[C@]2(C)C[C@H]1CC(C)(C)C2. The highest BCUT2D eigenvalue weighted by atomic mass is 15.3. The van der Waals surface area contributed by atoms with Crippen LogP contribution < -0.4 is 9.47 Å². The summed E-state index contributed by atoms with van der Waals surface area (Å²) in [7, 11) is 2.16. The molecule has 1 aromatic heterocycles. The van der Waals surface area contributed by atoms with Gasteiger partial charge in [0.15, 0.2) is 0 Å². The Labute approximate surface area is 111 Å². The summed E-state index contributed by atoms with van der Waals surface area (Å²) in [5, 5.41) is 0. The largest absolute Gasteiger partial charge is 0.276 e. The number of hydrogen-bond donors (Lipinski definition) is 0. The average Bonchev–Trinajstić information content (AvgIpc) is 2.48. The molecule has 2 heteroatoms. The van der Waals surface area contributed by atoms with Crippen molar-refractivity contribution >= 4 is 5.82 Å². The summed E-state index contributed by atoms with van der Waals surface area (Å²) in [4.78, 5) is 2.65. The minimum atomic E-state index is 0.500. The number of pyridine rings is 1. The van der Waals surface area contributed by atoms with Crippen LogP contribution in [0.2, 0.25) is 0 Å². The molecule has 3 rings (SSSR count). The Kier molecular flexibility index (Phi) is 2.48. The van der Waals surface area contributed by atoms with Crippen LogP contribution in [-0.4, -0.2) is 12.6 Å². The molecule has 2 fully saturated rings. The van der Waals surface area contributed by atoms with Crippen LogP contribution in [0.15, 0.2) is 24.4 Å². The van der Waals surface area contributed by atoms with E-state index >= 15 is 0 Å². The van der Waals surface area contributed by atoms with E-state index in [1.165, 1.54) is 31.6 Å². The third-order valence-electron chi connectivity index (χ3n) is 4.74. The lowest BCUT2D eigenvalue weighted by Gasteiger charge is -2.37. The van der Waals surface area contributed by atoms with E-state index in [4.69, 9.17) is 0 Å². The first kappa shape index (κ1) is 12.0. The van der Waals surface area contributed by atoms with Gasteiger partial charge in [-0.25, -0.2) is 4.57 Å². The molecule has 0 unspecified atom stereocenters. The van der Waals surface area contributed by atoms with Gasteiger partial charge in [0.05, 0.1) is 25.8 Å². The minimum Gasteiger partial charge on any atom is -0.258 e. The number of nitrogens with zero attached hydrogens (tertiary/aromatic N) is 2. The third kappa shape index (κ3) is 1.92. The highest BCUT2D eigenvalue weighted by molar-refractivity contribution is 5.38. The summed E-state index contributed by atoms with van der Waals surface area (Å²) in [6, 6.07) is 7.26. The molecule has 2 bridgehead atoms. The third-order valence-corrected chi connectivity index (χ3v) is 4.74. The topological polar surface area (TPSA) is 7.12 Å². The average molecular weight is 245 g/mol. The molecule has 1 saturated carbocycles. The molecular formula is C16H25N2+. The first-order valence-corrected chi connectivity index (χ1v) is 7.10. The molecule has 0 spiro atoms. The van der Waals surface area contributed by atoms with Gasteiger partial charge >= 0.3 is 0 Å². The molecule has 2 atom stereocenters. The van der Waals surface area contributed by atoms with Gasteiger partial charge < -0.3 is 0 Å². The van der Waals surface area contributed by atoms with E-state index in [0.29, 0.717) is 10.8 Å². The smallest absolute Gasteiger partial charge is 0.258 e. The summed E-state index contributed by atoms with van der Waals surface area (Å²) in [6.45, 7) is 8.57. The normalized spacial score (nSPS) is 33.8. The Morgan fingerprint density at radius 3 is 2.72 bits per heavy atom. The summed E-state index contributed by atoms with van der Waals surface area (Å²) in [5.41, 5.74) is 1.01. The van der Waals surface area contributed by atoms with Gasteiger partial charge in [-0.15, -0.1) is 0 Å². The highest BCUT2D eigenvalue weighted by Gasteiger charge is 2.53. The van der Waals surface area contributed by atoms with E-state index in [0.717, 1.165) is 6.04 Å². The molecule has 0 amide bonds. The van der Waals surface area contributed by atoms with Gasteiger partial charge in [-0.05, 0) is 30.7 Å². The molecule has 2 nitrogen and oxygen atoms in total. The van der Waals surface area contributed by atoms with Crippen molar-refractivity contribution in [1.29, 1.82) is 0 Å². The summed E-state index contributed by atoms with van der Waals surface area (Å²) in [6.07, 6.45) is 6.22. The molecule has 2 heterocycles. The Morgan fingerprint density at radius 2 is 2.00 bits per heavy atom. The number of hydrogen-bond acceptors (Lipinski definition) is 1. The Morgan fingerprint density at radius 1 is 1.22 bits per heavy atom. The van der Waals surface area contributed by atoms with Gasteiger partial charge in [0.25, 0.3) is 5.82 Å². The maximum Gasteiger partial charge on any atom is 0.276 e. The lowest BCUT2D eigenvalue weighted by Crippen LogP contribution is -2.42. The van der Waals surface area contributed by atoms with Gasteiger partial charge in [-0.3, -0.25) is 4.90 Å². The van der Waals surface area contributed by atoms with Gasteiger partial charge in [0.1, 0.15) is 0 Å². The molecule has 2 aliphatic rings. The van der Waals surface area contributed by atoms with Crippen molar-refractivity contribution in [3.63, 3.8) is 0 Å². The zero-order valence-corrected chi connectivity index (χ0v) is 12.1. The van der Waals surface area contributed by atoms with E-state index in [2.05, 4.69) is 61.7 Å². The maximum absolute atomic E-state index is 2.65. The molecule has 0 radical (unpaired) electrons. The van der Waals surface area contributed by atoms with Gasteiger partial charge in [0, 0.05) is 11.5 Å². The molecule has 1 aromatic rings. The van der Waals surface area contributed by atoms with E-state index in [1.54, 1.807) is 0 Å². The number of aromatic nitrogens is 1. The second-order valence-corrected chi connectivity index (χ2v) is 7.51. The van der Waals surface area contributed by atoms with Crippen molar-refractivity contribution < 1.29 is 4.57 Å². The fraction of sp³-hybridized carbons (Fsp3) is 0.688. The molecule has 18 heavy (non-hydrogen) atoms. The first-order chi connectivity index (χ1) is 8.39. The predicted octanol–water partition coefficient (Wildman–Crippen LogP) is 2.92. The van der Waals surface area contributed by atoms with E-state index in [9.17, 15) is 0 Å². The van der Waals surface area contributed by atoms with E-state index in [1.807, 2.05) is 0 Å². The van der Waals surface area contributed by atoms with Crippen LogP contribution in [0.5, 0.6) is 0 Å². The van der Waals surface area contributed by atoms with Crippen LogP contribution in [0, 0.1) is 10.8 Å². The van der Waals surface area contributed by atoms with Crippen molar-refractivity contribution in [2.75, 3.05) is 11.4 Å². The predicted molar refractivity (Wildman–Crippen MR) is 74.5 cm³/mol. The zero-order valence-electron chi connectivity index (χ0n) is 12.1.